The van der Waals surface area contributed by atoms with Crippen molar-refractivity contribution in [1.29, 1.82) is 0 Å². The highest BCUT2D eigenvalue weighted by Gasteiger charge is 2.21. The molecule has 0 amide bonds. The Labute approximate surface area is 127 Å². The lowest BCUT2D eigenvalue weighted by atomic mass is 10.0. The molecule has 6 heteroatoms. The summed E-state index contributed by atoms with van der Waals surface area (Å²) < 4.78 is 20.1. The summed E-state index contributed by atoms with van der Waals surface area (Å²) in [6.45, 7) is 1.98. The molecule has 20 heavy (non-hydrogen) atoms. The maximum atomic E-state index is 14.0. The van der Waals surface area contributed by atoms with Crippen molar-refractivity contribution in [3.63, 3.8) is 0 Å². The van der Waals surface area contributed by atoms with Gasteiger partial charge in [0.25, 0.3) is 0 Å². The van der Waals surface area contributed by atoms with Crippen LogP contribution >= 0.6 is 27.3 Å². The number of nitrogens with zero attached hydrogens (tertiary/aromatic N) is 1. The predicted octanol–water partition coefficient (Wildman–Crippen LogP) is 4.86. The second kappa shape index (κ2) is 5.03. The van der Waals surface area contributed by atoms with Gasteiger partial charge in [0.2, 0.25) is 5.88 Å². The zero-order valence-electron chi connectivity index (χ0n) is 10.5. The summed E-state index contributed by atoms with van der Waals surface area (Å²) in [4.78, 5) is 0.882. The van der Waals surface area contributed by atoms with Crippen LogP contribution < -0.4 is 5.73 Å². The first kappa shape index (κ1) is 13.3. The standard InChI is InChI=1S/C14H10BrFN2OS/c1-7-6-10(20-13(7)15)12-11(14(17)19-18-12)8-4-2-3-5-9(8)16/h2-6H,17H2,1H3. The Morgan fingerprint density at radius 3 is 2.75 bits per heavy atom. The Morgan fingerprint density at radius 1 is 1.35 bits per heavy atom. The quantitative estimate of drug-likeness (QED) is 0.716. The monoisotopic (exact) mass is 352 g/mol. The van der Waals surface area contributed by atoms with Crippen LogP contribution in [0.1, 0.15) is 5.56 Å². The zero-order chi connectivity index (χ0) is 14.3. The van der Waals surface area contributed by atoms with Crippen molar-refractivity contribution in [2.45, 2.75) is 6.92 Å². The minimum Gasteiger partial charge on any atom is -0.367 e. The lowest BCUT2D eigenvalue weighted by Gasteiger charge is -2.02. The lowest BCUT2D eigenvalue weighted by Crippen LogP contribution is -1.89. The highest BCUT2D eigenvalue weighted by Crippen LogP contribution is 2.42. The van der Waals surface area contributed by atoms with Gasteiger partial charge in [0.15, 0.2) is 0 Å². The molecule has 0 bridgehead atoms. The first-order valence-electron chi connectivity index (χ1n) is 5.84. The normalized spacial score (nSPS) is 10.9. The van der Waals surface area contributed by atoms with Crippen molar-refractivity contribution in [2.24, 2.45) is 0 Å². The van der Waals surface area contributed by atoms with Crippen LogP contribution in [0.25, 0.3) is 21.7 Å². The number of thiophene rings is 1. The molecule has 0 saturated heterocycles. The molecule has 2 heterocycles. The summed E-state index contributed by atoms with van der Waals surface area (Å²) in [5, 5.41) is 3.98. The molecule has 3 rings (SSSR count). The SMILES string of the molecule is Cc1cc(-c2noc(N)c2-c2ccccc2F)sc1Br. The third-order valence-corrected chi connectivity index (χ3v) is 5.10. The highest BCUT2D eigenvalue weighted by molar-refractivity contribution is 9.11. The number of anilines is 1. The van der Waals surface area contributed by atoms with Gasteiger partial charge < -0.3 is 10.3 Å². The number of hydrogen-bond acceptors (Lipinski definition) is 4. The average molecular weight is 353 g/mol. The van der Waals surface area contributed by atoms with Gasteiger partial charge in [0.1, 0.15) is 11.5 Å². The van der Waals surface area contributed by atoms with Gasteiger partial charge in [-0.1, -0.05) is 23.4 Å². The van der Waals surface area contributed by atoms with E-state index in [1.165, 1.54) is 17.4 Å². The Morgan fingerprint density at radius 2 is 2.10 bits per heavy atom. The summed E-state index contributed by atoms with van der Waals surface area (Å²) in [5.74, 6) is -0.233. The van der Waals surface area contributed by atoms with Crippen LogP contribution in [0.3, 0.4) is 0 Å². The lowest BCUT2D eigenvalue weighted by molar-refractivity contribution is 0.439. The maximum Gasteiger partial charge on any atom is 0.230 e. The maximum absolute atomic E-state index is 14.0. The molecule has 3 nitrogen and oxygen atoms in total. The van der Waals surface area contributed by atoms with Gasteiger partial charge in [-0.05, 0) is 40.5 Å². The fraction of sp³-hybridized carbons (Fsp3) is 0.0714. The summed E-state index contributed by atoms with van der Waals surface area (Å²) in [6, 6.07) is 8.41. The van der Waals surface area contributed by atoms with Crippen molar-refractivity contribution in [2.75, 3.05) is 5.73 Å². The van der Waals surface area contributed by atoms with Gasteiger partial charge in [0, 0.05) is 5.56 Å². The number of aromatic nitrogens is 1. The fourth-order valence-electron chi connectivity index (χ4n) is 1.97. The smallest absolute Gasteiger partial charge is 0.230 e. The third-order valence-electron chi connectivity index (χ3n) is 2.95. The van der Waals surface area contributed by atoms with Crippen LogP contribution in [0.5, 0.6) is 0 Å². The number of nitrogen functional groups attached to an aromatic ring is 1. The average Bonchev–Trinajstić information content (AvgIpc) is 2.94. The van der Waals surface area contributed by atoms with E-state index in [0.29, 0.717) is 16.8 Å². The second-order valence-corrected chi connectivity index (χ2v) is 6.69. The molecule has 0 atom stereocenters. The number of aryl methyl sites for hydroxylation is 1. The topological polar surface area (TPSA) is 52.0 Å². The van der Waals surface area contributed by atoms with Gasteiger partial charge >= 0.3 is 0 Å². The van der Waals surface area contributed by atoms with E-state index in [1.54, 1.807) is 18.2 Å². The van der Waals surface area contributed by atoms with Crippen LogP contribution in [0.15, 0.2) is 38.6 Å². The molecule has 2 aromatic heterocycles. The van der Waals surface area contributed by atoms with E-state index in [9.17, 15) is 4.39 Å². The second-order valence-electron chi connectivity index (χ2n) is 4.32. The molecule has 0 saturated carbocycles. The molecule has 0 radical (unpaired) electrons. The molecule has 0 aliphatic rings. The number of hydrogen-bond donors (Lipinski definition) is 1. The van der Waals surface area contributed by atoms with Crippen molar-refractivity contribution < 1.29 is 8.91 Å². The first-order chi connectivity index (χ1) is 9.58. The van der Waals surface area contributed by atoms with Crippen LogP contribution in [0.2, 0.25) is 0 Å². The Bertz CT molecular complexity index is 762. The van der Waals surface area contributed by atoms with E-state index in [2.05, 4.69) is 21.1 Å². The van der Waals surface area contributed by atoms with E-state index < -0.39 is 0 Å². The van der Waals surface area contributed by atoms with E-state index in [4.69, 9.17) is 10.3 Å². The van der Waals surface area contributed by atoms with Crippen molar-refractivity contribution in [1.82, 2.24) is 5.16 Å². The van der Waals surface area contributed by atoms with E-state index in [-0.39, 0.29) is 11.7 Å². The molecule has 1 aromatic carbocycles. The van der Waals surface area contributed by atoms with E-state index in [1.807, 2.05) is 13.0 Å². The first-order valence-corrected chi connectivity index (χ1v) is 7.45. The van der Waals surface area contributed by atoms with Crippen molar-refractivity contribution in [3.05, 3.63) is 45.5 Å². The van der Waals surface area contributed by atoms with Gasteiger partial charge in [-0.15, -0.1) is 11.3 Å². The van der Waals surface area contributed by atoms with E-state index >= 15 is 0 Å². The number of rotatable bonds is 2. The zero-order valence-corrected chi connectivity index (χ0v) is 12.9. The summed E-state index contributed by atoms with van der Waals surface area (Å²) >= 11 is 4.98. The Hall–Kier alpha value is -1.66. The molecule has 0 fully saturated rings. The summed E-state index contributed by atoms with van der Waals surface area (Å²) in [6.07, 6.45) is 0. The van der Waals surface area contributed by atoms with Crippen LogP contribution in [-0.2, 0) is 0 Å². The predicted molar refractivity (Wildman–Crippen MR) is 82.1 cm³/mol. The summed E-state index contributed by atoms with van der Waals surface area (Å²) in [5.41, 5.74) is 8.36. The largest absolute Gasteiger partial charge is 0.367 e. The molecule has 0 aliphatic heterocycles. The van der Waals surface area contributed by atoms with Gasteiger partial charge in [-0.2, -0.15) is 0 Å². The Balaban J connectivity index is 2.23. The molecular formula is C14H10BrFN2OS. The van der Waals surface area contributed by atoms with Crippen molar-refractivity contribution >= 4 is 33.2 Å². The Kier molecular flexibility index (Phi) is 3.35. The summed E-state index contributed by atoms with van der Waals surface area (Å²) in [7, 11) is 0. The van der Waals surface area contributed by atoms with Gasteiger partial charge in [-0.3, -0.25) is 0 Å². The number of benzene rings is 1. The van der Waals surface area contributed by atoms with Crippen LogP contribution in [0, 0.1) is 12.7 Å². The van der Waals surface area contributed by atoms with Gasteiger partial charge in [0.05, 0.1) is 14.2 Å². The van der Waals surface area contributed by atoms with Gasteiger partial charge in [-0.25, -0.2) is 4.39 Å². The molecule has 2 N–H and O–H groups in total. The molecule has 3 aromatic rings. The molecule has 102 valence electrons. The number of nitrogens with two attached hydrogens (primary N) is 1. The minimum absolute atomic E-state index is 0.118. The molecule has 0 aliphatic carbocycles. The van der Waals surface area contributed by atoms with Crippen LogP contribution in [-0.4, -0.2) is 5.16 Å². The highest BCUT2D eigenvalue weighted by atomic mass is 79.9. The number of halogens is 2. The van der Waals surface area contributed by atoms with Crippen molar-refractivity contribution in [3.8, 4) is 21.7 Å². The third kappa shape index (κ3) is 2.14. The fourth-order valence-corrected chi connectivity index (χ4v) is 3.49. The van der Waals surface area contributed by atoms with Crippen LogP contribution in [0.4, 0.5) is 10.3 Å². The molecule has 0 spiro atoms. The molecule has 0 unspecified atom stereocenters. The minimum atomic E-state index is -0.351. The van der Waals surface area contributed by atoms with E-state index in [0.717, 1.165) is 14.2 Å². The molecular weight excluding hydrogens is 343 g/mol.